The van der Waals surface area contributed by atoms with Gasteiger partial charge in [0.15, 0.2) is 0 Å². The van der Waals surface area contributed by atoms with Gasteiger partial charge in [-0.25, -0.2) is 4.79 Å². The molecule has 0 spiro atoms. The van der Waals surface area contributed by atoms with E-state index in [1.54, 1.807) is 24.3 Å². The van der Waals surface area contributed by atoms with Gasteiger partial charge in [-0.2, -0.15) is 0 Å². The molecule has 2 aromatic carbocycles. The van der Waals surface area contributed by atoms with Crippen molar-refractivity contribution in [3.8, 4) is 0 Å². The van der Waals surface area contributed by atoms with Gasteiger partial charge in [0.25, 0.3) is 5.91 Å². The number of anilines is 2. The Morgan fingerprint density at radius 2 is 1.39 bits per heavy atom. The van der Waals surface area contributed by atoms with Crippen LogP contribution in [0.2, 0.25) is 0 Å². The number of hydrogen-bond donors (Lipinski definition) is 4. The van der Waals surface area contributed by atoms with Crippen molar-refractivity contribution >= 4 is 29.2 Å². The summed E-state index contributed by atoms with van der Waals surface area (Å²) in [6, 6.07) is 18.7. The number of hydrogen-bond acceptors (Lipinski definition) is 5. The summed E-state index contributed by atoms with van der Waals surface area (Å²) in [4.78, 5) is 40.1. The molecule has 0 bridgehead atoms. The number of para-hydroxylation sites is 2. The van der Waals surface area contributed by atoms with Crippen LogP contribution in [-0.4, -0.2) is 62.0 Å². The zero-order valence-electron chi connectivity index (χ0n) is 17.3. The summed E-state index contributed by atoms with van der Waals surface area (Å²) < 4.78 is 0. The predicted octanol–water partition coefficient (Wildman–Crippen LogP) is 1.17. The van der Waals surface area contributed by atoms with E-state index in [1.807, 2.05) is 24.3 Å². The van der Waals surface area contributed by atoms with Gasteiger partial charge in [0.2, 0.25) is 5.91 Å². The second kappa shape index (κ2) is 11.6. The SMILES string of the molecule is O=C(CCN1CCN(c2ccccc2)CC1)NNC(=O)CNC(=O)Nc1ccccc1. The van der Waals surface area contributed by atoms with Gasteiger partial charge in [0.1, 0.15) is 6.54 Å². The maximum absolute atomic E-state index is 12.0. The third-order valence-electron chi connectivity index (χ3n) is 4.93. The molecule has 31 heavy (non-hydrogen) atoms. The smallest absolute Gasteiger partial charge is 0.319 e. The zero-order chi connectivity index (χ0) is 21.9. The summed E-state index contributed by atoms with van der Waals surface area (Å²) >= 11 is 0. The van der Waals surface area contributed by atoms with Gasteiger partial charge in [-0.3, -0.25) is 25.3 Å². The number of urea groups is 1. The molecule has 164 valence electrons. The largest absolute Gasteiger partial charge is 0.369 e. The Labute approximate surface area is 181 Å². The molecule has 9 nitrogen and oxygen atoms in total. The lowest BCUT2D eigenvalue weighted by Gasteiger charge is -2.36. The fourth-order valence-electron chi connectivity index (χ4n) is 3.23. The second-order valence-corrected chi connectivity index (χ2v) is 7.18. The molecule has 1 saturated heterocycles. The molecule has 0 radical (unpaired) electrons. The quantitative estimate of drug-likeness (QED) is 0.500. The molecule has 1 fully saturated rings. The molecule has 4 N–H and O–H groups in total. The molecular formula is C22H28N6O3. The Bertz CT molecular complexity index is 854. The van der Waals surface area contributed by atoms with Crippen LogP contribution in [0, 0.1) is 0 Å². The van der Waals surface area contributed by atoms with E-state index in [2.05, 4.69) is 43.4 Å². The van der Waals surface area contributed by atoms with E-state index in [1.165, 1.54) is 5.69 Å². The van der Waals surface area contributed by atoms with Crippen molar-refractivity contribution in [3.63, 3.8) is 0 Å². The van der Waals surface area contributed by atoms with Crippen molar-refractivity contribution in [1.82, 2.24) is 21.1 Å². The van der Waals surface area contributed by atoms with Gasteiger partial charge >= 0.3 is 6.03 Å². The fourth-order valence-corrected chi connectivity index (χ4v) is 3.23. The minimum absolute atomic E-state index is 0.250. The highest BCUT2D eigenvalue weighted by Gasteiger charge is 2.17. The maximum atomic E-state index is 12.0. The first-order valence-corrected chi connectivity index (χ1v) is 10.3. The van der Waals surface area contributed by atoms with Crippen LogP contribution in [0.3, 0.4) is 0 Å². The van der Waals surface area contributed by atoms with Crippen LogP contribution in [0.4, 0.5) is 16.2 Å². The molecule has 9 heteroatoms. The topological polar surface area (TPSA) is 106 Å². The van der Waals surface area contributed by atoms with Crippen LogP contribution in [0.1, 0.15) is 6.42 Å². The number of carbonyl (C=O) groups is 3. The van der Waals surface area contributed by atoms with E-state index in [0.717, 1.165) is 26.2 Å². The number of amides is 4. The molecule has 4 amide bonds. The molecule has 0 aliphatic carbocycles. The standard InChI is InChI=1S/C22H28N6O3/c29-20(11-12-27-13-15-28(16-14-27)19-9-5-2-6-10-19)25-26-21(30)17-23-22(31)24-18-7-3-1-4-8-18/h1-10H,11-17H2,(H,25,29)(H,26,30)(H2,23,24,31). The summed E-state index contributed by atoms with van der Waals surface area (Å²) in [6.45, 7) is 3.98. The predicted molar refractivity (Wildman–Crippen MR) is 119 cm³/mol. The summed E-state index contributed by atoms with van der Waals surface area (Å²) in [7, 11) is 0. The number of piperazine rings is 1. The van der Waals surface area contributed by atoms with Gasteiger partial charge in [-0.1, -0.05) is 36.4 Å². The third kappa shape index (κ3) is 7.63. The van der Waals surface area contributed by atoms with Gasteiger partial charge in [-0.05, 0) is 24.3 Å². The molecular weight excluding hydrogens is 396 g/mol. The van der Waals surface area contributed by atoms with E-state index in [4.69, 9.17) is 0 Å². The highest BCUT2D eigenvalue weighted by molar-refractivity contribution is 5.92. The number of benzene rings is 2. The average Bonchev–Trinajstić information content (AvgIpc) is 2.81. The van der Waals surface area contributed by atoms with E-state index < -0.39 is 11.9 Å². The highest BCUT2D eigenvalue weighted by Crippen LogP contribution is 2.15. The monoisotopic (exact) mass is 424 g/mol. The highest BCUT2D eigenvalue weighted by atomic mass is 16.2. The maximum Gasteiger partial charge on any atom is 0.319 e. The van der Waals surface area contributed by atoms with Crippen LogP contribution in [0.5, 0.6) is 0 Å². The summed E-state index contributed by atoms with van der Waals surface area (Å²) in [5.41, 5.74) is 6.53. The van der Waals surface area contributed by atoms with Gasteiger partial charge in [0.05, 0.1) is 0 Å². The third-order valence-corrected chi connectivity index (χ3v) is 4.93. The molecule has 0 atom stereocenters. The fraction of sp³-hybridized carbons (Fsp3) is 0.318. The van der Waals surface area contributed by atoms with E-state index in [9.17, 15) is 14.4 Å². The van der Waals surface area contributed by atoms with Gasteiger partial charge < -0.3 is 15.5 Å². The zero-order valence-corrected chi connectivity index (χ0v) is 17.3. The first-order chi connectivity index (χ1) is 15.1. The first-order valence-electron chi connectivity index (χ1n) is 10.3. The number of carbonyl (C=O) groups excluding carboxylic acids is 3. The minimum atomic E-state index is -0.506. The molecule has 0 aromatic heterocycles. The lowest BCUT2D eigenvalue weighted by molar-refractivity contribution is -0.128. The van der Waals surface area contributed by atoms with E-state index in [0.29, 0.717) is 12.2 Å². The lowest BCUT2D eigenvalue weighted by atomic mass is 10.2. The number of nitrogens with one attached hydrogen (secondary N) is 4. The molecule has 0 saturated carbocycles. The van der Waals surface area contributed by atoms with Crippen molar-refractivity contribution in [1.29, 1.82) is 0 Å². The van der Waals surface area contributed by atoms with Crippen molar-refractivity contribution < 1.29 is 14.4 Å². The summed E-state index contributed by atoms with van der Waals surface area (Å²) in [5.74, 6) is -0.777. The van der Waals surface area contributed by atoms with Crippen LogP contribution < -0.4 is 26.4 Å². The van der Waals surface area contributed by atoms with Crippen LogP contribution in [-0.2, 0) is 9.59 Å². The summed E-state index contributed by atoms with van der Waals surface area (Å²) in [5, 5.41) is 5.04. The molecule has 1 heterocycles. The van der Waals surface area contributed by atoms with Gasteiger partial charge in [0, 0.05) is 50.5 Å². The molecule has 0 unspecified atom stereocenters. The second-order valence-electron chi connectivity index (χ2n) is 7.18. The lowest BCUT2D eigenvalue weighted by Crippen LogP contribution is -2.49. The van der Waals surface area contributed by atoms with E-state index >= 15 is 0 Å². The molecule has 1 aliphatic rings. The molecule has 3 rings (SSSR count). The Hall–Kier alpha value is -3.59. The Kier molecular flexibility index (Phi) is 8.24. The number of nitrogens with zero attached hydrogens (tertiary/aromatic N) is 2. The number of hydrazine groups is 1. The van der Waals surface area contributed by atoms with E-state index in [-0.39, 0.29) is 18.9 Å². The van der Waals surface area contributed by atoms with Crippen LogP contribution >= 0.6 is 0 Å². The Morgan fingerprint density at radius 1 is 0.774 bits per heavy atom. The molecule has 2 aromatic rings. The van der Waals surface area contributed by atoms with Crippen molar-refractivity contribution in [2.75, 3.05) is 49.5 Å². The Balaban J connectivity index is 1.25. The van der Waals surface area contributed by atoms with Crippen molar-refractivity contribution in [2.45, 2.75) is 6.42 Å². The number of rotatable bonds is 7. The van der Waals surface area contributed by atoms with Crippen LogP contribution in [0.15, 0.2) is 60.7 Å². The first kappa shape index (κ1) is 22.1. The molecule has 1 aliphatic heterocycles. The summed E-state index contributed by atoms with van der Waals surface area (Å²) in [6.07, 6.45) is 0.285. The Morgan fingerprint density at radius 3 is 2.06 bits per heavy atom. The average molecular weight is 425 g/mol. The minimum Gasteiger partial charge on any atom is -0.369 e. The van der Waals surface area contributed by atoms with Crippen LogP contribution in [0.25, 0.3) is 0 Å². The normalized spacial score (nSPS) is 13.9. The van der Waals surface area contributed by atoms with Gasteiger partial charge in [-0.15, -0.1) is 0 Å². The van der Waals surface area contributed by atoms with Crippen molar-refractivity contribution in [3.05, 3.63) is 60.7 Å². The van der Waals surface area contributed by atoms with Crippen molar-refractivity contribution in [2.24, 2.45) is 0 Å².